The Hall–Kier alpha value is -1.77. The summed E-state index contributed by atoms with van der Waals surface area (Å²) in [4.78, 5) is 11.2. The third kappa shape index (κ3) is 2.62. The number of carbonyl (C=O) groups excluding carboxylic acids is 1. The zero-order chi connectivity index (χ0) is 10.6. The molecule has 1 aromatic carbocycles. The van der Waals surface area contributed by atoms with Crippen molar-refractivity contribution < 1.29 is 9.90 Å². The molecule has 0 atom stereocenters. The molecule has 0 spiro atoms. The largest absolute Gasteiger partial charge is 0.508 e. The van der Waals surface area contributed by atoms with E-state index in [4.69, 9.17) is 5.11 Å². The lowest BCUT2D eigenvalue weighted by Gasteiger charge is -2.06. The van der Waals surface area contributed by atoms with Crippen molar-refractivity contribution in [3.8, 4) is 5.75 Å². The number of nitrogens with one attached hydrogen (secondary N) is 1. The molecule has 1 amide bonds. The maximum atomic E-state index is 11.2. The van der Waals surface area contributed by atoms with Crippen LogP contribution in [0.2, 0.25) is 0 Å². The Labute approximate surface area is 83.1 Å². The number of carbonyl (C=O) groups is 1. The average molecular weight is 191 g/mol. The molecule has 0 aliphatic rings. The molecule has 14 heavy (non-hydrogen) atoms. The van der Waals surface area contributed by atoms with Crippen LogP contribution in [0.1, 0.15) is 12.5 Å². The second-order valence-corrected chi connectivity index (χ2v) is 2.99. The van der Waals surface area contributed by atoms with E-state index in [0.29, 0.717) is 5.69 Å². The molecule has 0 bridgehead atoms. The number of hydrogen-bond donors (Lipinski definition) is 2. The summed E-state index contributed by atoms with van der Waals surface area (Å²) >= 11 is 0. The monoisotopic (exact) mass is 191 g/mol. The molecule has 1 rings (SSSR count). The minimum absolute atomic E-state index is 0.165. The average Bonchev–Trinajstić information content (AvgIpc) is 2.10. The van der Waals surface area contributed by atoms with Gasteiger partial charge in [-0.25, -0.2) is 0 Å². The fourth-order valence-corrected chi connectivity index (χ4v) is 1.11. The third-order valence-electron chi connectivity index (χ3n) is 1.79. The third-order valence-corrected chi connectivity index (χ3v) is 1.79. The smallest absolute Gasteiger partial charge is 0.248 e. The van der Waals surface area contributed by atoms with Crippen LogP contribution >= 0.6 is 0 Å². The van der Waals surface area contributed by atoms with E-state index in [1.165, 1.54) is 12.1 Å². The molecule has 0 aliphatic carbocycles. The number of amides is 1. The van der Waals surface area contributed by atoms with E-state index in [1.807, 2.05) is 6.92 Å². The van der Waals surface area contributed by atoms with Crippen LogP contribution < -0.4 is 5.32 Å². The number of allylic oxidation sites excluding steroid dienone is 1. The Morgan fingerprint density at radius 3 is 2.79 bits per heavy atom. The predicted octanol–water partition coefficient (Wildman–Crippen LogP) is 2.22. The van der Waals surface area contributed by atoms with Crippen molar-refractivity contribution >= 4 is 11.6 Å². The highest BCUT2D eigenvalue weighted by atomic mass is 16.3. The van der Waals surface area contributed by atoms with Gasteiger partial charge in [0.05, 0.1) is 0 Å². The summed E-state index contributed by atoms with van der Waals surface area (Å²) in [5.41, 5.74) is 1.55. The number of aromatic hydroxyl groups is 1. The summed E-state index contributed by atoms with van der Waals surface area (Å²) in [5, 5.41) is 11.8. The van der Waals surface area contributed by atoms with E-state index in [-0.39, 0.29) is 11.7 Å². The highest BCUT2D eigenvalue weighted by Crippen LogP contribution is 2.19. The minimum atomic E-state index is -0.165. The van der Waals surface area contributed by atoms with Crippen LogP contribution in [0.25, 0.3) is 0 Å². The predicted molar refractivity (Wildman–Crippen MR) is 56.3 cm³/mol. The number of benzene rings is 1. The Kier molecular flexibility index (Phi) is 3.29. The molecular formula is C11H13NO2. The van der Waals surface area contributed by atoms with E-state index < -0.39 is 0 Å². The number of phenols is 1. The SMILES string of the molecule is CC=CC(=O)Nc1ccc(O)cc1C. The van der Waals surface area contributed by atoms with Crippen molar-refractivity contribution in [1.29, 1.82) is 0 Å². The normalized spacial score (nSPS) is 10.4. The molecule has 0 radical (unpaired) electrons. The van der Waals surface area contributed by atoms with Gasteiger partial charge in [-0.05, 0) is 43.7 Å². The van der Waals surface area contributed by atoms with E-state index in [9.17, 15) is 4.79 Å². The van der Waals surface area contributed by atoms with Crippen molar-refractivity contribution in [3.63, 3.8) is 0 Å². The lowest BCUT2D eigenvalue weighted by molar-refractivity contribution is -0.111. The number of rotatable bonds is 2. The first-order chi connectivity index (χ1) is 6.63. The molecular weight excluding hydrogens is 178 g/mol. The summed E-state index contributed by atoms with van der Waals surface area (Å²) in [6.45, 7) is 3.61. The Bertz CT molecular complexity index is 370. The zero-order valence-electron chi connectivity index (χ0n) is 8.24. The second kappa shape index (κ2) is 4.46. The highest BCUT2D eigenvalue weighted by Gasteiger charge is 2.01. The first kappa shape index (κ1) is 10.3. The van der Waals surface area contributed by atoms with Crippen molar-refractivity contribution in [2.45, 2.75) is 13.8 Å². The van der Waals surface area contributed by atoms with Crippen LogP contribution in [0.3, 0.4) is 0 Å². The van der Waals surface area contributed by atoms with Gasteiger partial charge in [0.25, 0.3) is 0 Å². The highest BCUT2D eigenvalue weighted by molar-refractivity contribution is 5.99. The molecule has 0 heterocycles. The molecule has 0 aromatic heterocycles. The van der Waals surface area contributed by atoms with Crippen LogP contribution in [0.15, 0.2) is 30.4 Å². The first-order valence-electron chi connectivity index (χ1n) is 4.37. The molecule has 0 saturated heterocycles. The number of aryl methyl sites for hydroxylation is 1. The van der Waals surface area contributed by atoms with Gasteiger partial charge in [-0.15, -0.1) is 0 Å². The summed E-state index contributed by atoms with van der Waals surface area (Å²) in [6, 6.07) is 4.82. The fourth-order valence-electron chi connectivity index (χ4n) is 1.11. The van der Waals surface area contributed by atoms with Gasteiger partial charge in [0.2, 0.25) is 5.91 Å². The molecule has 1 aromatic rings. The van der Waals surface area contributed by atoms with Crippen LogP contribution in [0, 0.1) is 6.92 Å². The van der Waals surface area contributed by atoms with Gasteiger partial charge in [-0.3, -0.25) is 4.79 Å². The molecule has 0 unspecified atom stereocenters. The fraction of sp³-hybridized carbons (Fsp3) is 0.182. The Balaban J connectivity index is 2.82. The lowest BCUT2D eigenvalue weighted by atomic mass is 10.2. The minimum Gasteiger partial charge on any atom is -0.508 e. The van der Waals surface area contributed by atoms with Gasteiger partial charge >= 0.3 is 0 Å². The van der Waals surface area contributed by atoms with Crippen molar-refractivity contribution in [2.75, 3.05) is 5.32 Å². The molecule has 3 heteroatoms. The van der Waals surface area contributed by atoms with Crippen molar-refractivity contribution in [3.05, 3.63) is 35.9 Å². The van der Waals surface area contributed by atoms with Gasteiger partial charge in [0.1, 0.15) is 5.75 Å². The van der Waals surface area contributed by atoms with Crippen LogP contribution in [0.5, 0.6) is 5.75 Å². The molecule has 2 N–H and O–H groups in total. The summed E-state index contributed by atoms with van der Waals surface area (Å²) < 4.78 is 0. The molecule has 3 nitrogen and oxygen atoms in total. The maximum Gasteiger partial charge on any atom is 0.248 e. The number of hydrogen-bond acceptors (Lipinski definition) is 2. The standard InChI is InChI=1S/C11H13NO2/c1-3-4-11(14)12-10-6-5-9(13)7-8(10)2/h3-7,13H,1-2H3,(H,12,14). The van der Waals surface area contributed by atoms with Gasteiger partial charge in [0, 0.05) is 5.69 Å². The molecule has 74 valence electrons. The Morgan fingerprint density at radius 1 is 1.50 bits per heavy atom. The lowest BCUT2D eigenvalue weighted by Crippen LogP contribution is -2.08. The summed E-state index contributed by atoms with van der Waals surface area (Å²) in [5.74, 6) is 0.0350. The van der Waals surface area contributed by atoms with Gasteiger partial charge in [0.15, 0.2) is 0 Å². The van der Waals surface area contributed by atoms with E-state index in [1.54, 1.807) is 25.1 Å². The van der Waals surface area contributed by atoms with E-state index >= 15 is 0 Å². The maximum absolute atomic E-state index is 11.2. The van der Waals surface area contributed by atoms with E-state index in [2.05, 4.69) is 5.32 Å². The summed E-state index contributed by atoms with van der Waals surface area (Å²) in [6.07, 6.45) is 3.12. The Morgan fingerprint density at radius 2 is 2.21 bits per heavy atom. The van der Waals surface area contributed by atoms with Gasteiger partial charge in [-0.2, -0.15) is 0 Å². The van der Waals surface area contributed by atoms with Crippen LogP contribution in [0.4, 0.5) is 5.69 Å². The van der Waals surface area contributed by atoms with Gasteiger partial charge < -0.3 is 10.4 Å². The topological polar surface area (TPSA) is 49.3 Å². The first-order valence-corrected chi connectivity index (χ1v) is 4.37. The van der Waals surface area contributed by atoms with Crippen molar-refractivity contribution in [1.82, 2.24) is 0 Å². The second-order valence-electron chi connectivity index (χ2n) is 2.99. The van der Waals surface area contributed by atoms with Crippen LogP contribution in [-0.4, -0.2) is 11.0 Å². The zero-order valence-corrected chi connectivity index (χ0v) is 8.24. The number of anilines is 1. The summed E-state index contributed by atoms with van der Waals surface area (Å²) in [7, 11) is 0. The van der Waals surface area contributed by atoms with Crippen LogP contribution in [-0.2, 0) is 4.79 Å². The number of phenolic OH excluding ortho intramolecular Hbond substituents is 1. The van der Waals surface area contributed by atoms with E-state index in [0.717, 1.165) is 5.56 Å². The molecule has 0 saturated carbocycles. The van der Waals surface area contributed by atoms with Crippen molar-refractivity contribution in [2.24, 2.45) is 0 Å². The molecule has 0 fully saturated rings. The van der Waals surface area contributed by atoms with Gasteiger partial charge in [-0.1, -0.05) is 6.08 Å². The quantitative estimate of drug-likeness (QED) is 0.556. The molecule has 0 aliphatic heterocycles.